The summed E-state index contributed by atoms with van der Waals surface area (Å²) < 4.78 is 6.44. The molecule has 6 heteroatoms. The molecular formula is C30H40N2O4. The molecule has 4 N–H and O–H groups in total. The van der Waals surface area contributed by atoms with Gasteiger partial charge in [-0.1, -0.05) is 44.1 Å². The Bertz CT molecular complexity index is 1260. The molecule has 1 saturated heterocycles. The van der Waals surface area contributed by atoms with Crippen LogP contribution in [0.5, 0.6) is 0 Å². The van der Waals surface area contributed by atoms with Crippen molar-refractivity contribution in [3.63, 3.8) is 0 Å². The van der Waals surface area contributed by atoms with Crippen molar-refractivity contribution in [1.29, 1.82) is 0 Å². The van der Waals surface area contributed by atoms with Crippen LogP contribution in [0.4, 0.5) is 0 Å². The lowest BCUT2D eigenvalue weighted by molar-refractivity contribution is -0.0677. The molecule has 5 aliphatic rings. The Morgan fingerprint density at radius 3 is 2.78 bits per heavy atom. The highest BCUT2D eigenvalue weighted by atomic mass is 16.5. The smallest absolute Gasteiger partial charge is 0.248 e. The molecule has 1 aliphatic heterocycles. The molecular weight excluding hydrogens is 452 g/mol. The highest BCUT2D eigenvalue weighted by Crippen LogP contribution is 2.56. The molecule has 6 rings (SSSR count). The molecule has 6 nitrogen and oxygen atoms in total. The van der Waals surface area contributed by atoms with Crippen LogP contribution in [0.15, 0.2) is 51.4 Å². The maximum absolute atomic E-state index is 12.4. The Morgan fingerprint density at radius 2 is 2.03 bits per heavy atom. The largest absolute Gasteiger partial charge is 0.392 e. The molecule has 1 aromatic rings. The molecule has 1 saturated carbocycles. The number of aromatic amines is 1. The van der Waals surface area contributed by atoms with E-state index in [4.69, 9.17) is 4.74 Å². The molecule has 194 valence electrons. The van der Waals surface area contributed by atoms with Gasteiger partial charge in [-0.25, -0.2) is 0 Å². The molecule has 2 bridgehead atoms. The molecule has 36 heavy (non-hydrogen) atoms. The van der Waals surface area contributed by atoms with E-state index in [9.17, 15) is 15.0 Å². The first-order valence-corrected chi connectivity index (χ1v) is 13.6. The van der Waals surface area contributed by atoms with Crippen LogP contribution >= 0.6 is 0 Å². The fourth-order valence-electron chi connectivity index (χ4n) is 8.32. The third-order valence-electron chi connectivity index (χ3n) is 10.0. The third kappa shape index (κ3) is 3.27. The van der Waals surface area contributed by atoms with E-state index in [0.717, 1.165) is 42.5 Å². The summed E-state index contributed by atoms with van der Waals surface area (Å²) in [6.45, 7) is 11.1. The van der Waals surface area contributed by atoms with Gasteiger partial charge in [0, 0.05) is 23.6 Å². The molecule has 0 amide bonds. The Balaban J connectivity index is 1.46. The second-order valence-corrected chi connectivity index (χ2v) is 12.8. The number of nitrogens with one attached hydrogen (secondary N) is 2. The molecule has 2 fully saturated rings. The summed E-state index contributed by atoms with van der Waals surface area (Å²) in [5, 5.41) is 27.5. The van der Waals surface area contributed by atoms with Crippen LogP contribution < -0.4 is 10.9 Å². The molecule has 0 radical (unpaired) electrons. The fraction of sp³-hybridized carbons (Fsp3) is 0.633. The number of rotatable bonds is 2. The predicted octanol–water partition coefficient (Wildman–Crippen LogP) is 3.85. The first-order valence-electron chi connectivity index (χ1n) is 13.6. The van der Waals surface area contributed by atoms with E-state index in [1.165, 1.54) is 16.7 Å². The second-order valence-electron chi connectivity index (χ2n) is 12.8. The molecule has 1 aromatic heterocycles. The number of pyridine rings is 1. The molecule has 4 aliphatic carbocycles. The minimum atomic E-state index is -1.13. The lowest BCUT2D eigenvalue weighted by Crippen LogP contribution is -2.60. The van der Waals surface area contributed by atoms with E-state index in [1.54, 1.807) is 6.07 Å². The van der Waals surface area contributed by atoms with Gasteiger partial charge in [0.2, 0.25) is 5.56 Å². The SMILES string of the molecule is C/C=C1\[C@H]2C=C(C)C[C@]1(NC1OCC3=C4CC(C)(C)[C@H](O)[C@H]4[C@@H](C)CCC31O)c1ccc(=O)[nH]c1C2. The maximum atomic E-state index is 12.4. The summed E-state index contributed by atoms with van der Waals surface area (Å²) in [7, 11) is 0. The summed E-state index contributed by atoms with van der Waals surface area (Å²) >= 11 is 0. The third-order valence-corrected chi connectivity index (χ3v) is 10.0. The Labute approximate surface area is 213 Å². The molecule has 2 heterocycles. The maximum Gasteiger partial charge on any atom is 0.248 e. The van der Waals surface area contributed by atoms with E-state index in [1.807, 2.05) is 6.07 Å². The Kier molecular flexibility index (Phi) is 5.41. The quantitative estimate of drug-likeness (QED) is 0.471. The predicted molar refractivity (Wildman–Crippen MR) is 139 cm³/mol. The zero-order valence-corrected chi connectivity index (χ0v) is 22.1. The van der Waals surface area contributed by atoms with E-state index >= 15 is 0 Å². The number of ether oxygens (including phenoxy) is 1. The van der Waals surface area contributed by atoms with E-state index in [2.05, 4.69) is 57.1 Å². The molecule has 2 unspecified atom stereocenters. The first-order chi connectivity index (χ1) is 17.0. The standard InChI is InChI=1S/C30H40N2O4/c1-6-20-18-11-16(2)13-29(20,21-7-8-24(33)31-23(21)12-18)32-27-30(35)10-9-17(3)25-19(22(30)15-36-27)14-28(4,5)26(25)34/h6-8,11,17-18,25-27,32,34-35H,9-10,12-15H2,1-5H3,(H,31,33)/b20-6+/t17-,18-,25-,26+,27?,29+,30?/m0/s1. The minimum Gasteiger partial charge on any atom is -0.392 e. The van der Waals surface area contributed by atoms with Gasteiger partial charge in [0.15, 0.2) is 0 Å². The van der Waals surface area contributed by atoms with Gasteiger partial charge in [-0.2, -0.15) is 0 Å². The van der Waals surface area contributed by atoms with Gasteiger partial charge >= 0.3 is 0 Å². The number of H-pyrrole nitrogens is 1. The average Bonchev–Trinajstić information content (AvgIpc) is 3.20. The van der Waals surface area contributed by atoms with Crippen molar-refractivity contribution >= 4 is 0 Å². The van der Waals surface area contributed by atoms with Crippen molar-refractivity contribution in [2.45, 2.75) is 90.2 Å². The molecule has 0 spiro atoms. The monoisotopic (exact) mass is 492 g/mol. The van der Waals surface area contributed by atoms with Gasteiger partial charge in [-0.3, -0.25) is 10.1 Å². The number of hydrogen-bond donors (Lipinski definition) is 4. The number of aromatic nitrogens is 1. The number of hydrogen-bond acceptors (Lipinski definition) is 5. The van der Waals surface area contributed by atoms with Crippen molar-refractivity contribution in [2.24, 2.45) is 23.2 Å². The number of fused-ring (bicyclic) bond motifs is 6. The number of allylic oxidation sites excluding steroid dienone is 2. The van der Waals surface area contributed by atoms with E-state index < -0.39 is 23.5 Å². The second kappa shape index (κ2) is 8.00. The van der Waals surface area contributed by atoms with Gasteiger partial charge < -0.3 is 19.9 Å². The average molecular weight is 493 g/mol. The zero-order valence-electron chi connectivity index (χ0n) is 22.1. The van der Waals surface area contributed by atoms with Crippen LogP contribution in [-0.4, -0.2) is 39.7 Å². The van der Waals surface area contributed by atoms with Gasteiger partial charge in [-0.15, -0.1) is 0 Å². The van der Waals surface area contributed by atoms with E-state index in [0.29, 0.717) is 18.9 Å². The highest BCUT2D eigenvalue weighted by molar-refractivity contribution is 5.50. The summed E-state index contributed by atoms with van der Waals surface area (Å²) in [5.74, 6) is 0.564. The zero-order chi connectivity index (χ0) is 25.6. The normalized spacial score (nSPS) is 42.0. The summed E-state index contributed by atoms with van der Waals surface area (Å²) in [6.07, 6.45) is 7.28. The summed E-state index contributed by atoms with van der Waals surface area (Å²) in [5.41, 5.74) is 4.83. The lowest BCUT2D eigenvalue weighted by atomic mass is 9.62. The van der Waals surface area contributed by atoms with Crippen molar-refractivity contribution in [1.82, 2.24) is 10.3 Å². The van der Waals surface area contributed by atoms with Crippen molar-refractivity contribution < 1.29 is 14.9 Å². The van der Waals surface area contributed by atoms with Gasteiger partial charge in [0.05, 0.1) is 18.2 Å². The lowest BCUT2D eigenvalue weighted by Gasteiger charge is -2.50. The Morgan fingerprint density at radius 1 is 1.25 bits per heavy atom. The van der Waals surface area contributed by atoms with Gasteiger partial charge in [-0.05, 0) is 80.1 Å². The highest BCUT2D eigenvalue weighted by Gasteiger charge is 2.58. The van der Waals surface area contributed by atoms with E-state index in [-0.39, 0.29) is 22.8 Å². The topological polar surface area (TPSA) is 94.6 Å². The number of aliphatic hydroxyl groups excluding tert-OH is 1. The Hall–Kier alpha value is -1.99. The van der Waals surface area contributed by atoms with Crippen LogP contribution in [0.2, 0.25) is 0 Å². The summed E-state index contributed by atoms with van der Waals surface area (Å²) in [6, 6.07) is 3.57. The van der Waals surface area contributed by atoms with Gasteiger partial charge in [0.25, 0.3) is 0 Å². The van der Waals surface area contributed by atoms with Crippen LogP contribution in [0.1, 0.15) is 71.6 Å². The number of aliphatic hydroxyl groups is 2. The van der Waals surface area contributed by atoms with Crippen LogP contribution in [-0.2, 0) is 16.7 Å². The van der Waals surface area contributed by atoms with Crippen LogP contribution in [0.3, 0.4) is 0 Å². The summed E-state index contributed by atoms with van der Waals surface area (Å²) in [4.78, 5) is 15.3. The minimum absolute atomic E-state index is 0.0698. The van der Waals surface area contributed by atoms with Crippen molar-refractivity contribution in [2.75, 3.05) is 6.61 Å². The fourth-order valence-corrected chi connectivity index (χ4v) is 8.32. The van der Waals surface area contributed by atoms with Gasteiger partial charge in [0.1, 0.15) is 11.8 Å². The molecule has 7 atom stereocenters. The molecule has 0 aromatic carbocycles. The van der Waals surface area contributed by atoms with Crippen LogP contribution in [0.25, 0.3) is 0 Å². The first kappa shape index (κ1) is 24.4. The van der Waals surface area contributed by atoms with Crippen LogP contribution in [0, 0.1) is 23.2 Å². The van der Waals surface area contributed by atoms with Crippen molar-refractivity contribution in [3.05, 3.63) is 68.2 Å². The van der Waals surface area contributed by atoms with Crippen molar-refractivity contribution in [3.8, 4) is 0 Å².